The van der Waals surface area contributed by atoms with Crippen LogP contribution >= 0.6 is 0 Å². The molecule has 1 aliphatic rings. The van der Waals surface area contributed by atoms with E-state index < -0.39 is 16.7 Å². The van der Waals surface area contributed by atoms with Crippen LogP contribution in [-0.4, -0.2) is 22.4 Å². The van der Waals surface area contributed by atoms with Crippen LogP contribution in [0.2, 0.25) is 0 Å². The number of hydrogen-bond donors (Lipinski definition) is 0. The molecular weight excluding hydrogens is 384 g/mol. The summed E-state index contributed by atoms with van der Waals surface area (Å²) < 4.78 is 0. The average Bonchev–Trinajstić information content (AvgIpc) is 3.14. The first-order chi connectivity index (χ1) is 14.4. The summed E-state index contributed by atoms with van der Waals surface area (Å²) in [5.74, 6) is -1.07. The van der Waals surface area contributed by atoms with E-state index in [0.717, 1.165) is 11.1 Å². The standard InChI is InChI=1S/C23H18N2O5/c1-3-20(25(28)29)13-18-11-9-16-10-12-19(14-21(16)18)23(27)22(24-30-15(2)26)17-7-5-4-6-8-17/h3-8,10-14H,1,9H2,2H3/b20-13+,24-22+. The van der Waals surface area contributed by atoms with Gasteiger partial charge in [0.25, 0.3) is 5.70 Å². The second-order valence-corrected chi connectivity index (χ2v) is 6.48. The van der Waals surface area contributed by atoms with Crippen molar-refractivity contribution in [2.45, 2.75) is 13.3 Å². The molecule has 0 atom stereocenters. The highest BCUT2D eigenvalue weighted by Gasteiger charge is 2.22. The van der Waals surface area contributed by atoms with E-state index in [9.17, 15) is 19.7 Å². The minimum Gasteiger partial charge on any atom is -0.318 e. The Morgan fingerprint density at radius 1 is 1.17 bits per heavy atom. The molecule has 0 saturated carbocycles. The van der Waals surface area contributed by atoms with Crippen molar-refractivity contribution in [3.8, 4) is 0 Å². The number of nitrogens with zero attached hydrogens (tertiary/aromatic N) is 2. The SMILES string of the molecule is C=C/C(=C\C1=CCc2ccc(C(=O)/C(=N/OC(C)=O)c3ccccc3)cc21)[N+](=O)[O-]. The molecule has 7 nitrogen and oxygen atoms in total. The van der Waals surface area contributed by atoms with Crippen molar-refractivity contribution in [3.63, 3.8) is 0 Å². The first kappa shape index (κ1) is 20.6. The Bertz CT molecular complexity index is 1130. The Kier molecular flexibility index (Phi) is 6.12. The summed E-state index contributed by atoms with van der Waals surface area (Å²) in [7, 11) is 0. The number of ketones is 1. The van der Waals surface area contributed by atoms with Gasteiger partial charge >= 0.3 is 5.97 Å². The molecule has 0 heterocycles. The van der Waals surface area contributed by atoms with Crippen molar-refractivity contribution >= 4 is 23.0 Å². The molecule has 0 amide bonds. The van der Waals surface area contributed by atoms with Gasteiger partial charge in [0.15, 0.2) is 5.71 Å². The Morgan fingerprint density at radius 2 is 1.90 bits per heavy atom. The summed E-state index contributed by atoms with van der Waals surface area (Å²) in [6.45, 7) is 4.67. The van der Waals surface area contributed by atoms with E-state index in [1.165, 1.54) is 19.1 Å². The van der Waals surface area contributed by atoms with Gasteiger partial charge in [-0.15, -0.1) is 0 Å². The van der Waals surface area contributed by atoms with Crippen molar-refractivity contribution in [1.82, 2.24) is 0 Å². The third-order valence-corrected chi connectivity index (χ3v) is 4.48. The lowest BCUT2D eigenvalue weighted by molar-refractivity contribution is -0.418. The van der Waals surface area contributed by atoms with E-state index in [1.807, 2.05) is 6.08 Å². The topological polar surface area (TPSA) is 98.9 Å². The van der Waals surface area contributed by atoms with E-state index >= 15 is 0 Å². The third kappa shape index (κ3) is 4.47. The quantitative estimate of drug-likeness (QED) is 0.173. The summed E-state index contributed by atoms with van der Waals surface area (Å²) >= 11 is 0. The Balaban J connectivity index is 2.01. The van der Waals surface area contributed by atoms with Crippen LogP contribution in [0.3, 0.4) is 0 Å². The fourth-order valence-electron chi connectivity index (χ4n) is 3.04. The molecule has 0 bridgehead atoms. The number of carbonyl (C=O) groups excluding carboxylic acids is 2. The second-order valence-electron chi connectivity index (χ2n) is 6.48. The van der Waals surface area contributed by atoms with Gasteiger partial charge in [-0.3, -0.25) is 14.9 Å². The third-order valence-electron chi connectivity index (χ3n) is 4.48. The molecule has 30 heavy (non-hydrogen) atoms. The molecule has 7 heteroatoms. The molecule has 0 radical (unpaired) electrons. The lowest BCUT2D eigenvalue weighted by atomic mass is 9.96. The fraction of sp³-hybridized carbons (Fsp3) is 0.0870. The average molecular weight is 402 g/mol. The molecule has 1 aliphatic carbocycles. The number of hydrogen-bond acceptors (Lipinski definition) is 6. The molecule has 0 aliphatic heterocycles. The Labute approximate surface area is 172 Å². The summed E-state index contributed by atoms with van der Waals surface area (Å²) in [6, 6.07) is 13.8. The van der Waals surface area contributed by atoms with E-state index in [2.05, 4.69) is 11.7 Å². The molecule has 0 saturated heterocycles. The number of carbonyl (C=O) groups is 2. The van der Waals surface area contributed by atoms with Gasteiger partial charge in [-0.25, -0.2) is 4.79 Å². The van der Waals surface area contributed by atoms with Crippen LogP contribution in [0.4, 0.5) is 0 Å². The van der Waals surface area contributed by atoms with Gasteiger partial charge in [0, 0.05) is 30.2 Å². The highest BCUT2D eigenvalue weighted by molar-refractivity contribution is 6.51. The van der Waals surface area contributed by atoms with Crippen LogP contribution in [0.15, 0.2) is 84.2 Å². The molecule has 0 spiro atoms. The number of benzene rings is 2. The van der Waals surface area contributed by atoms with Crippen LogP contribution in [0.5, 0.6) is 0 Å². The van der Waals surface area contributed by atoms with Crippen molar-refractivity contribution < 1.29 is 19.3 Å². The van der Waals surface area contributed by atoms with Gasteiger partial charge in [0.2, 0.25) is 5.78 Å². The molecule has 0 fully saturated rings. The van der Waals surface area contributed by atoms with E-state index in [4.69, 9.17) is 4.84 Å². The molecule has 0 N–H and O–H groups in total. The van der Waals surface area contributed by atoms with Gasteiger partial charge in [0.1, 0.15) is 0 Å². The van der Waals surface area contributed by atoms with Crippen LogP contribution in [0.1, 0.15) is 34.0 Å². The molecule has 2 aromatic carbocycles. The van der Waals surface area contributed by atoms with Crippen LogP contribution in [-0.2, 0) is 16.1 Å². The zero-order valence-electron chi connectivity index (χ0n) is 16.2. The normalized spacial score (nSPS) is 13.3. The van der Waals surface area contributed by atoms with Gasteiger partial charge in [-0.1, -0.05) is 60.3 Å². The number of allylic oxidation sites excluding steroid dienone is 4. The molecule has 0 unspecified atom stereocenters. The lowest BCUT2D eigenvalue weighted by Crippen LogP contribution is -2.17. The van der Waals surface area contributed by atoms with Gasteiger partial charge < -0.3 is 4.84 Å². The van der Waals surface area contributed by atoms with Crippen LogP contribution in [0, 0.1) is 10.1 Å². The maximum atomic E-state index is 13.2. The molecule has 3 rings (SSSR count). The van der Waals surface area contributed by atoms with Gasteiger partial charge in [0.05, 0.1) is 4.92 Å². The number of oxime groups is 1. The second kappa shape index (κ2) is 8.91. The number of Topliss-reactive ketones (excluding diaryl/α,β-unsaturated/α-hetero) is 1. The predicted octanol–water partition coefficient (Wildman–Crippen LogP) is 4.12. The number of rotatable bonds is 7. The van der Waals surface area contributed by atoms with Gasteiger partial charge in [-0.2, -0.15) is 0 Å². The fourth-order valence-corrected chi connectivity index (χ4v) is 3.04. The zero-order valence-corrected chi connectivity index (χ0v) is 16.2. The zero-order chi connectivity index (χ0) is 21.7. The summed E-state index contributed by atoms with van der Waals surface area (Å²) in [6.07, 6.45) is 5.06. The maximum absolute atomic E-state index is 13.2. The van der Waals surface area contributed by atoms with Crippen LogP contribution < -0.4 is 0 Å². The molecule has 0 aromatic heterocycles. The molecule has 2 aromatic rings. The van der Waals surface area contributed by atoms with Crippen molar-refractivity contribution in [1.29, 1.82) is 0 Å². The number of fused-ring (bicyclic) bond motifs is 1. The van der Waals surface area contributed by atoms with E-state index in [1.54, 1.807) is 48.5 Å². The van der Waals surface area contributed by atoms with E-state index in [0.29, 0.717) is 23.1 Å². The summed E-state index contributed by atoms with van der Waals surface area (Å²) in [4.78, 5) is 39.7. The van der Waals surface area contributed by atoms with Gasteiger partial charge in [-0.05, 0) is 29.2 Å². The van der Waals surface area contributed by atoms with Crippen molar-refractivity contribution in [3.05, 3.63) is 111 Å². The van der Waals surface area contributed by atoms with Crippen molar-refractivity contribution in [2.24, 2.45) is 5.16 Å². The highest BCUT2D eigenvalue weighted by atomic mass is 16.7. The minimum absolute atomic E-state index is 0.0121. The Morgan fingerprint density at radius 3 is 2.53 bits per heavy atom. The number of nitro groups is 1. The first-order valence-electron chi connectivity index (χ1n) is 9.08. The first-order valence-corrected chi connectivity index (χ1v) is 9.08. The van der Waals surface area contributed by atoms with Crippen LogP contribution in [0.25, 0.3) is 5.57 Å². The van der Waals surface area contributed by atoms with E-state index in [-0.39, 0.29) is 11.4 Å². The predicted molar refractivity (Wildman–Crippen MR) is 112 cm³/mol. The molecular formula is C23H18N2O5. The summed E-state index contributed by atoms with van der Waals surface area (Å²) in [5.41, 5.74) is 3.00. The monoisotopic (exact) mass is 402 g/mol. The largest absolute Gasteiger partial charge is 0.332 e. The summed E-state index contributed by atoms with van der Waals surface area (Å²) in [5, 5.41) is 14.9. The Hall–Kier alpha value is -4.13. The highest BCUT2D eigenvalue weighted by Crippen LogP contribution is 2.30. The smallest absolute Gasteiger partial charge is 0.318 e. The lowest BCUT2D eigenvalue weighted by Gasteiger charge is -2.08. The van der Waals surface area contributed by atoms with Crippen molar-refractivity contribution in [2.75, 3.05) is 0 Å². The maximum Gasteiger partial charge on any atom is 0.332 e. The minimum atomic E-state index is -0.641. The molecule has 150 valence electrons.